The van der Waals surface area contributed by atoms with Crippen LogP contribution in [0.3, 0.4) is 0 Å². The van der Waals surface area contributed by atoms with E-state index in [4.69, 9.17) is 5.73 Å². The summed E-state index contributed by atoms with van der Waals surface area (Å²) in [5.41, 5.74) is 8.28. The number of rotatable bonds is 5. The molecule has 3 aliphatic rings. The third-order valence-electron chi connectivity index (χ3n) is 7.12. The van der Waals surface area contributed by atoms with Crippen molar-refractivity contribution in [3.63, 3.8) is 0 Å². The number of hydrogen-bond donors (Lipinski definition) is 3. The molecule has 0 atom stereocenters. The number of fused-ring (bicyclic) bond motifs is 3. The number of alkyl halides is 3. The summed E-state index contributed by atoms with van der Waals surface area (Å²) in [6.07, 6.45) is -2.14. The van der Waals surface area contributed by atoms with Gasteiger partial charge in [-0.05, 0) is 59.5 Å². The highest BCUT2D eigenvalue weighted by Gasteiger charge is 2.36. The zero-order chi connectivity index (χ0) is 29.6. The lowest BCUT2D eigenvalue weighted by molar-refractivity contribution is -0.137. The van der Waals surface area contributed by atoms with Crippen molar-refractivity contribution in [3.05, 3.63) is 95.0 Å². The predicted octanol–water partition coefficient (Wildman–Crippen LogP) is 4.69. The Bertz CT molecular complexity index is 1900. The van der Waals surface area contributed by atoms with Gasteiger partial charge < -0.3 is 20.7 Å². The molecule has 1 aromatic heterocycles. The molecule has 3 aliphatic heterocycles. The number of carbonyl (C=O) groups is 1. The lowest BCUT2D eigenvalue weighted by Crippen LogP contribution is -2.18. The molecular formula is C30H24F3N7O2. The Morgan fingerprint density at radius 3 is 2.67 bits per heavy atom. The molecule has 0 bridgehead atoms. The van der Waals surface area contributed by atoms with Gasteiger partial charge in [-0.25, -0.2) is 9.98 Å². The number of aryl methyl sites for hydroxylation is 1. The SMILES string of the molecule is Cc1ccc(-c2c(C(F)(F)F)ccnc2C(N)=O)cc1-c1cc2cnc(=Nc3cccc(CO)c3)nc-2n2c1NCC2. The molecule has 0 fully saturated rings. The van der Waals surface area contributed by atoms with Crippen LogP contribution in [0.5, 0.6) is 0 Å². The summed E-state index contributed by atoms with van der Waals surface area (Å²) in [6, 6.07) is 14.7. The number of carbonyl (C=O) groups excluding carboxylic acids is 1. The van der Waals surface area contributed by atoms with Gasteiger partial charge in [0.1, 0.15) is 17.3 Å². The zero-order valence-electron chi connectivity index (χ0n) is 22.3. The van der Waals surface area contributed by atoms with Crippen LogP contribution in [0, 0.1) is 6.92 Å². The van der Waals surface area contributed by atoms with Crippen LogP contribution in [0.1, 0.15) is 27.2 Å². The number of aromatic nitrogens is 4. The van der Waals surface area contributed by atoms with Gasteiger partial charge in [-0.15, -0.1) is 0 Å². The molecule has 0 spiro atoms. The van der Waals surface area contributed by atoms with Gasteiger partial charge in [0, 0.05) is 42.2 Å². The van der Waals surface area contributed by atoms with E-state index in [1.165, 1.54) is 6.07 Å². The lowest BCUT2D eigenvalue weighted by atomic mass is 9.91. The van der Waals surface area contributed by atoms with Crippen LogP contribution in [0.4, 0.5) is 24.7 Å². The second-order valence-electron chi connectivity index (χ2n) is 9.85. The van der Waals surface area contributed by atoms with Gasteiger partial charge in [0.25, 0.3) is 11.5 Å². The maximum absolute atomic E-state index is 14.0. The van der Waals surface area contributed by atoms with Crippen LogP contribution in [0.15, 0.2) is 72.0 Å². The molecule has 3 aromatic rings. The first kappa shape index (κ1) is 27.1. The van der Waals surface area contributed by atoms with Crippen molar-refractivity contribution in [3.8, 4) is 33.6 Å². The number of nitrogens with two attached hydrogens (primary N) is 1. The number of nitrogens with zero attached hydrogens (tertiary/aromatic N) is 5. The third-order valence-corrected chi connectivity index (χ3v) is 7.12. The molecule has 0 radical (unpaired) electrons. The van der Waals surface area contributed by atoms with E-state index in [-0.39, 0.29) is 23.4 Å². The molecule has 42 heavy (non-hydrogen) atoms. The molecule has 6 rings (SSSR count). The summed E-state index contributed by atoms with van der Waals surface area (Å²) in [5, 5.41) is 12.8. The monoisotopic (exact) mass is 571 g/mol. The number of amides is 1. The maximum Gasteiger partial charge on any atom is 0.417 e. The van der Waals surface area contributed by atoms with Gasteiger partial charge in [-0.2, -0.15) is 18.2 Å². The van der Waals surface area contributed by atoms with Crippen molar-refractivity contribution >= 4 is 17.4 Å². The Morgan fingerprint density at radius 2 is 1.90 bits per heavy atom. The van der Waals surface area contributed by atoms with Crippen molar-refractivity contribution in [2.75, 3.05) is 11.9 Å². The molecule has 0 saturated heterocycles. The molecule has 0 unspecified atom stereocenters. The van der Waals surface area contributed by atoms with E-state index in [1.807, 2.05) is 17.6 Å². The number of primary amides is 1. The van der Waals surface area contributed by atoms with E-state index >= 15 is 0 Å². The number of halogens is 3. The fourth-order valence-electron chi connectivity index (χ4n) is 5.20. The van der Waals surface area contributed by atoms with Crippen LogP contribution in [0.25, 0.3) is 33.6 Å². The fourth-order valence-corrected chi connectivity index (χ4v) is 5.20. The van der Waals surface area contributed by atoms with Crippen molar-refractivity contribution < 1.29 is 23.1 Å². The molecule has 9 nitrogen and oxygen atoms in total. The molecule has 0 saturated carbocycles. The van der Waals surface area contributed by atoms with Gasteiger partial charge in [-0.1, -0.05) is 24.3 Å². The Morgan fingerprint density at radius 1 is 1.10 bits per heavy atom. The van der Waals surface area contributed by atoms with Crippen LogP contribution in [-0.2, 0) is 19.3 Å². The van der Waals surface area contributed by atoms with E-state index in [0.29, 0.717) is 35.7 Å². The van der Waals surface area contributed by atoms with Crippen LogP contribution in [-0.4, -0.2) is 37.1 Å². The Balaban J connectivity index is 1.53. The first-order valence-electron chi connectivity index (χ1n) is 13.0. The summed E-state index contributed by atoms with van der Waals surface area (Å²) in [6.45, 7) is 2.97. The Hall–Kier alpha value is -5.10. The first-order chi connectivity index (χ1) is 20.1. The van der Waals surface area contributed by atoms with Gasteiger partial charge in [0.15, 0.2) is 0 Å². The number of anilines is 1. The third kappa shape index (κ3) is 4.85. The summed E-state index contributed by atoms with van der Waals surface area (Å²) >= 11 is 0. The smallest absolute Gasteiger partial charge is 0.392 e. The number of pyridine rings is 2. The second kappa shape index (κ2) is 10.4. The topological polar surface area (TPSA) is 131 Å². The van der Waals surface area contributed by atoms with Crippen molar-refractivity contribution in [2.45, 2.75) is 26.3 Å². The highest BCUT2D eigenvalue weighted by Crippen LogP contribution is 2.42. The van der Waals surface area contributed by atoms with E-state index in [2.05, 4.69) is 25.3 Å². The minimum atomic E-state index is -4.73. The number of nitrogens with one attached hydrogen (secondary N) is 1. The standard InChI is InChI=1S/C30H24F3N7O2/c1-16-5-6-18(24-23(30(31,32)33)7-8-35-25(24)26(34)42)12-21(16)22-13-19-14-37-29(38-20-4-2-3-17(11-20)15-41)39-27(19)40-10-9-36-28(22)40/h2-8,11-14,36,41H,9-10,15H2,1H3,(H2,34,42). The number of aliphatic hydroxyl groups is 1. The van der Waals surface area contributed by atoms with Crippen LogP contribution >= 0.6 is 0 Å². The molecule has 4 heterocycles. The predicted molar refractivity (Wildman–Crippen MR) is 150 cm³/mol. The average Bonchev–Trinajstić information content (AvgIpc) is 3.47. The Kier molecular flexibility index (Phi) is 6.70. The largest absolute Gasteiger partial charge is 0.417 e. The molecule has 1 amide bonds. The van der Waals surface area contributed by atoms with E-state index in [9.17, 15) is 23.1 Å². The van der Waals surface area contributed by atoms with Gasteiger partial charge in [0.2, 0.25) is 0 Å². The molecule has 12 heteroatoms. The van der Waals surface area contributed by atoms with E-state index in [1.54, 1.807) is 42.6 Å². The van der Waals surface area contributed by atoms with Gasteiger partial charge in [-0.3, -0.25) is 9.78 Å². The first-order valence-corrected chi connectivity index (χ1v) is 13.0. The number of aliphatic hydroxyl groups excluding tert-OH is 1. The van der Waals surface area contributed by atoms with Crippen molar-refractivity contribution in [1.29, 1.82) is 0 Å². The fraction of sp³-hybridized carbons (Fsp3) is 0.167. The van der Waals surface area contributed by atoms with E-state index in [0.717, 1.165) is 34.8 Å². The van der Waals surface area contributed by atoms with E-state index < -0.39 is 23.3 Å². The maximum atomic E-state index is 14.0. The molecule has 2 aromatic carbocycles. The summed E-state index contributed by atoms with van der Waals surface area (Å²) in [7, 11) is 0. The highest BCUT2D eigenvalue weighted by atomic mass is 19.4. The molecule has 4 N–H and O–H groups in total. The van der Waals surface area contributed by atoms with Crippen molar-refractivity contribution in [1.82, 2.24) is 19.5 Å². The normalized spacial score (nSPS) is 13.3. The highest BCUT2D eigenvalue weighted by molar-refractivity contribution is 5.99. The van der Waals surface area contributed by atoms with Crippen molar-refractivity contribution in [2.24, 2.45) is 10.7 Å². The second-order valence-corrected chi connectivity index (χ2v) is 9.85. The minimum absolute atomic E-state index is 0.109. The summed E-state index contributed by atoms with van der Waals surface area (Å²) in [5.74, 6) is 0.331. The van der Waals surface area contributed by atoms with Gasteiger partial charge >= 0.3 is 6.18 Å². The molecule has 212 valence electrons. The minimum Gasteiger partial charge on any atom is -0.392 e. The lowest BCUT2D eigenvalue weighted by Gasteiger charge is -2.20. The average molecular weight is 572 g/mol. The number of hydrogen-bond acceptors (Lipinski definition) is 7. The Labute approximate surface area is 237 Å². The number of benzene rings is 2. The van der Waals surface area contributed by atoms with Crippen LogP contribution < -0.4 is 16.7 Å². The van der Waals surface area contributed by atoms with Crippen LogP contribution in [0.2, 0.25) is 0 Å². The quantitative estimate of drug-likeness (QED) is 0.281. The van der Waals surface area contributed by atoms with Gasteiger partial charge in [0.05, 0.1) is 17.9 Å². The zero-order valence-corrected chi connectivity index (χ0v) is 22.3. The molecular weight excluding hydrogens is 547 g/mol. The summed E-state index contributed by atoms with van der Waals surface area (Å²) in [4.78, 5) is 29.6. The summed E-state index contributed by atoms with van der Waals surface area (Å²) < 4.78 is 44.0. The molecule has 0 aliphatic carbocycles.